The summed E-state index contributed by atoms with van der Waals surface area (Å²) in [5, 5.41) is 10.2. The summed E-state index contributed by atoms with van der Waals surface area (Å²) >= 11 is 0. The molecule has 3 rings (SSSR count). The topological polar surface area (TPSA) is 71.5 Å². The monoisotopic (exact) mass is 325 g/mol. The van der Waals surface area contributed by atoms with Crippen molar-refractivity contribution in [3.8, 4) is 22.8 Å². The van der Waals surface area contributed by atoms with Crippen molar-refractivity contribution in [3.05, 3.63) is 47.5 Å². The van der Waals surface area contributed by atoms with Crippen LogP contribution < -0.4 is 9.47 Å². The van der Waals surface area contributed by atoms with Gasteiger partial charge in [-0.1, -0.05) is 0 Å². The van der Waals surface area contributed by atoms with Crippen molar-refractivity contribution in [3.63, 3.8) is 0 Å². The van der Waals surface area contributed by atoms with E-state index >= 15 is 0 Å². The van der Waals surface area contributed by atoms with Gasteiger partial charge in [-0.15, -0.1) is 0 Å². The number of fused-ring (bicyclic) bond motifs is 1. The van der Waals surface area contributed by atoms with Crippen molar-refractivity contribution in [1.29, 1.82) is 0 Å². The van der Waals surface area contributed by atoms with Gasteiger partial charge in [-0.05, 0) is 60.0 Å². The van der Waals surface area contributed by atoms with E-state index in [1.54, 1.807) is 14.2 Å². The van der Waals surface area contributed by atoms with Crippen LogP contribution >= 0.6 is 0 Å². The third-order valence-electron chi connectivity index (χ3n) is 4.13. The number of hydrogen-bond acceptors (Lipinski definition) is 3. The fourth-order valence-electron chi connectivity index (χ4n) is 2.95. The van der Waals surface area contributed by atoms with Crippen molar-refractivity contribution in [2.75, 3.05) is 14.2 Å². The van der Waals surface area contributed by atoms with Crippen molar-refractivity contribution in [2.45, 2.75) is 13.3 Å². The molecule has 3 aromatic rings. The average Bonchev–Trinajstić information content (AvgIpc) is 2.93. The molecule has 0 aliphatic carbocycles. The number of aromatic nitrogens is 1. The van der Waals surface area contributed by atoms with E-state index in [1.165, 1.54) is 0 Å². The highest BCUT2D eigenvalue weighted by Crippen LogP contribution is 2.35. The Kier molecular flexibility index (Phi) is 4.16. The maximum atomic E-state index is 11.4. The smallest absolute Gasteiger partial charge is 0.307 e. The predicted molar refractivity (Wildman–Crippen MR) is 92.9 cm³/mol. The van der Waals surface area contributed by atoms with Crippen LogP contribution in [-0.2, 0) is 11.2 Å². The Labute approximate surface area is 139 Å². The Hall–Kier alpha value is -2.95. The molecule has 0 atom stereocenters. The summed E-state index contributed by atoms with van der Waals surface area (Å²) < 4.78 is 10.5. The zero-order valence-electron chi connectivity index (χ0n) is 13.8. The van der Waals surface area contributed by atoms with Gasteiger partial charge in [0, 0.05) is 10.9 Å². The van der Waals surface area contributed by atoms with Gasteiger partial charge in [0.15, 0.2) is 0 Å². The Morgan fingerprint density at radius 3 is 2.33 bits per heavy atom. The third kappa shape index (κ3) is 2.80. The average molecular weight is 325 g/mol. The van der Waals surface area contributed by atoms with E-state index < -0.39 is 5.97 Å². The van der Waals surface area contributed by atoms with E-state index in [4.69, 9.17) is 9.47 Å². The lowest BCUT2D eigenvalue weighted by molar-refractivity contribution is -0.136. The molecule has 0 bridgehead atoms. The number of H-pyrrole nitrogens is 1. The lowest BCUT2D eigenvalue weighted by Crippen LogP contribution is -2.01. The molecular weight excluding hydrogens is 306 g/mol. The number of methoxy groups -OCH3 is 2. The highest BCUT2D eigenvalue weighted by atomic mass is 16.5. The standard InChI is InChI=1S/C19H19NO4/c1-11-8-14(24-3)9-15-16(10-17(21)22)19(20-18(11)15)12-4-6-13(23-2)7-5-12/h4-9,20H,10H2,1-3H3,(H,21,22). The van der Waals surface area contributed by atoms with E-state index in [2.05, 4.69) is 4.98 Å². The van der Waals surface area contributed by atoms with Crippen LogP contribution in [0.5, 0.6) is 11.5 Å². The maximum absolute atomic E-state index is 11.4. The first-order chi connectivity index (χ1) is 11.5. The number of aliphatic carboxylic acids is 1. The second kappa shape index (κ2) is 6.28. The molecule has 0 fully saturated rings. The summed E-state index contributed by atoms with van der Waals surface area (Å²) in [4.78, 5) is 14.8. The molecule has 0 saturated carbocycles. The summed E-state index contributed by atoms with van der Waals surface area (Å²) in [6.45, 7) is 1.98. The number of hydrogen-bond donors (Lipinski definition) is 2. The molecule has 0 unspecified atom stereocenters. The molecule has 0 radical (unpaired) electrons. The van der Waals surface area contributed by atoms with Gasteiger partial charge in [-0.3, -0.25) is 4.79 Å². The SMILES string of the molecule is COc1ccc(-c2[nH]c3c(C)cc(OC)cc3c2CC(=O)O)cc1. The van der Waals surface area contributed by atoms with Crippen LogP contribution in [0.4, 0.5) is 0 Å². The number of nitrogens with one attached hydrogen (secondary N) is 1. The Bertz CT molecular complexity index is 894. The first kappa shape index (κ1) is 15.9. The molecule has 5 nitrogen and oxygen atoms in total. The van der Waals surface area contributed by atoms with Crippen molar-refractivity contribution >= 4 is 16.9 Å². The van der Waals surface area contributed by atoms with Gasteiger partial charge in [0.2, 0.25) is 0 Å². The molecule has 0 saturated heterocycles. The molecule has 1 aromatic heterocycles. The second-order valence-corrected chi connectivity index (χ2v) is 5.64. The summed E-state index contributed by atoms with van der Waals surface area (Å²) in [5.41, 5.74) is 4.42. The van der Waals surface area contributed by atoms with Gasteiger partial charge in [0.25, 0.3) is 0 Å². The number of aryl methyl sites for hydroxylation is 1. The number of carboxylic acid groups (broad SMARTS) is 1. The Balaban J connectivity index is 2.25. The summed E-state index contributed by atoms with van der Waals surface area (Å²) in [7, 11) is 3.22. The van der Waals surface area contributed by atoms with Crippen molar-refractivity contribution < 1.29 is 19.4 Å². The largest absolute Gasteiger partial charge is 0.497 e. The molecule has 0 spiro atoms. The molecule has 2 aromatic carbocycles. The third-order valence-corrected chi connectivity index (χ3v) is 4.13. The van der Waals surface area contributed by atoms with Crippen LogP contribution in [0.25, 0.3) is 22.2 Å². The zero-order valence-corrected chi connectivity index (χ0v) is 13.8. The molecule has 2 N–H and O–H groups in total. The summed E-state index contributed by atoms with van der Waals surface area (Å²) in [6.07, 6.45) is -0.0615. The van der Waals surface area contributed by atoms with E-state index in [9.17, 15) is 9.90 Å². The van der Waals surface area contributed by atoms with Crippen LogP contribution in [-0.4, -0.2) is 30.3 Å². The van der Waals surface area contributed by atoms with Crippen LogP contribution in [0.2, 0.25) is 0 Å². The van der Waals surface area contributed by atoms with Gasteiger partial charge < -0.3 is 19.6 Å². The highest BCUT2D eigenvalue weighted by Gasteiger charge is 2.18. The van der Waals surface area contributed by atoms with Gasteiger partial charge in [0.1, 0.15) is 11.5 Å². The Morgan fingerprint density at radius 2 is 1.75 bits per heavy atom. The molecular formula is C19H19NO4. The van der Waals surface area contributed by atoms with Gasteiger partial charge in [-0.2, -0.15) is 0 Å². The molecule has 24 heavy (non-hydrogen) atoms. The zero-order chi connectivity index (χ0) is 17.3. The number of rotatable bonds is 5. The molecule has 5 heteroatoms. The van der Waals surface area contributed by atoms with Crippen LogP contribution in [0.3, 0.4) is 0 Å². The maximum Gasteiger partial charge on any atom is 0.307 e. The van der Waals surface area contributed by atoms with Crippen LogP contribution in [0, 0.1) is 6.92 Å². The predicted octanol–water partition coefficient (Wildman–Crippen LogP) is 3.79. The van der Waals surface area contributed by atoms with Crippen molar-refractivity contribution in [1.82, 2.24) is 4.98 Å². The van der Waals surface area contributed by atoms with E-state index in [-0.39, 0.29) is 6.42 Å². The first-order valence-corrected chi connectivity index (χ1v) is 7.59. The minimum atomic E-state index is -0.869. The minimum Gasteiger partial charge on any atom is -0.497 e. The summed E-state index contributed by atoms with van der Waals surface area (Å²) in [5.74, 6) is 0.602. The van der Waals surface area contributed by atoms with Gasteiger partial charge >= 0.3 is 5.97 Å². The van der Waals surface area contributed by atoms with Gasteiger partial charge in [-0.25, -0.2) is 0 Å². The molecule has 0 amide bonds. The molecule has 0 aliphatic heterocycles. The minimum absolute atomic E-state index is 0.0615. The lowest BCUT2D eigenvalue weighted by Gasteiger charge is -2.05. The Morgan fingerprint density at radius 1 is 1.08 bits per heavy atom. The molecule has 124 valence electrons. The number of ether oxygens (including phenoxy) is 2. The fraction of sp³-hybridized carbons (Fsp3) is 0.211. The van der Waals surface area contributed by atoms with E-state index in [1.807, 2.05) is 43.3 Å². The number of benzene rings is 2. The van der Waals surface area contributed by atoms with E-state index in [0.717, 1.165) is 39.0 Å². The quantitative estimate of drug-likeness (QED) is 0.749. The van der Waals surface area contributed by atoms with Crippen molar-refractivity contribution in [2.24, 2.45) is 0 Å². The molecule has 1 heterocycles. The van der Waals surface area contributed by atoms with Crippen LogP contribution in [0.1, 0.15) is 11.1 Å². The number of aromatic amines is 1. The first-order valence-electron chi connectivity index (χ1n) is 7.59. The van der Waals surface area contributed by atoms with Gasteiger partial charge in [0.05, 0.1) is 26.3 Å². The number of carbonyl (C=O) groups is 1. The highest BCUT2D eigenvalue weighted by molar-refractivity contribution is 5.96. The fourth-order valence-corrected chi connectivity index (χ4v) is 2.95. The second-order valence-electron chi connectivity index (χ2n) is 5.64. The van der Waals surface area contributed by atoms with E-state index in [0.29, 0.717) is 5.75 Å². The van der Waals surface area contributed by atoms with Crippen LogP contribution in [0.15, 0.2) is 36.4 Å². The number of carboxylic acids is 1. The molecule has 0 aliphatic rings. The summed E-state index contributed by atoms with van der Waals surface area (Å²) in [6, 6.07) is 11.4. The lowest BCUT2D eigenvalue weighted by atomic mass is 10.0. The normalized spacial score (nSPS) is 10.8.